The average Bonchev–Trinajstić information content (AvgIpc) is 3.48. The van der Waals surface area contributed by atoms with E-state index in [1.54, 1.807) is 17.1 Å². The van der Waals surface area contributed by atoms with Crippen LogP contribution in [-0.4, -0.2) is 55.3 Å². The van der Waals surface area contributed by atoms with Crippen LogP contribution in [0.2, 0.25) is 0 Å². The van der Waals surface area contributed by atoms with E-state index in [0.717, 1.165) is 36.3 Å². The van der Waals surface area contributed by atoms with Crippen molar-refractivity contribution in [1.29, 1.82) is 0 Å². The van der Waals surface area contributed by atoms with E-state index >= 15 is 0 Å². The van der Waals surface area contributed by atoms with E-state index in [1.165, 1.54) is 37.2 Å². The highest BCUT2D eigenvalue weighted by atomic mass is 32.2. The van der Waals surface area contributed by atoms with Gasteiger partial charge < -0.3 is 10.2 Å². The second-order valence-corrected chi connectivity index (χ2v) is 11.3. The number of carbonyl (C=O) groups excluding carboxylic acids is 2. The highest BCUT2D eigenvalue weighted by Gasteiger charge is 2.46. The van der Waals surface area contributed by atoms with Crippen LogP contribution in [0.1, 0.15) is 62.4 Å². The van der Waals surface area contributed by atoms with Gasteiger partial charge in [0.25, 0.3) is 11.8 Å². The number of carbonyl (C=O) groups is 2. The van der Waals surface area contributed by atoms with Gasteiger partial charge in [0.15, 0.2) is 10.9 Å². The van der Waals surface area contributed by atoms with Crippen molar-refractivity contribution in [2.24, 2.45) is 22.7 Å². The van der Waals surface area contributed by atoms with Crippen LogP contribution in [0.4, 0.5) is 0 Å². The molecule has 156 valence electrons. The highest BCUT2D eigenvalue weighted by molar-refractivity contribution is 8.16. The van der Waals surface area contributed by atoms with E-state index in [0.29, 0.717) is 30.7 Å². The number of piperidine rings is 1. The molecule has 0 spiro atoms. The van der Waals surface area contributed by atoms with Crippen LogP contribution in [0.15, 0.2) is 10.4 Å². The first-order chi connectivity index (χ1) is 14.0. The number of nitrogens with one attached hydrogen (secondary N) is 1. The fraction of sp³-hybridized carbons (Fsp3) is 0.750. The second-order valence-electron chi connectivity index (χ2n) is 9.21. The van der Waals surface area contributed by atoms with Gasteiger partial charge in [0.1, 0.15) is 4.75 Å². The minimum Gasteiger partial charge on any atom is -0.361 e. The number of hydrogen-bond acceptors (Lipinski definition) is 7. The third-order valence-electron chi connectivity index (χ3n) is 7.18. The van der Waals surface area contributed by atoms with E-state index < -0.39 is 4.75 Å². The molecule has 1 aromatic rings. The molecule has 1 saturated heterocycles. The molecule has 0 aromatic carbocycles. The maximum atomic E-state index is 12.7. The van der Waals surface area contributed by atoms with Crippen LogP contribution in [0.25, 0.3) is 0 Å². The van der Waals surface area contributed by atoms with Crippen molar-refractivity contribution in [3.8, 4) is 0 Å². The molecule has 1 unspecified atom stereocenters. The van der Waals surface area contributed by atoms with E-state index in [4.69, 9.17) is 0 Å². The van der Waals surface area contributed by atoms with E-state index in [1.807, 2.05) is 11.8 Å². The first-order valence-electron chi connectivity index (χ1n) is 10.7. The van der Waals surface area contributed by atoms with Crippen LogP contribution in [0.5, 0.6) is 0 Å². The Morgan fingerprint density at radius 3 is 2.76 bits per heavy atom. The van der Waals surface area contributed by atoms with Crippen LogP contribution < -0.4 is 5.32 Å². The number of aromatic nitrogens is 2. The molecule has 1 N–H and O–H groups in total. The predicted molar refractivity (Wildman–Crippen MR) is 114 cm³/mol. The Morgan fingerprint density at radius 1 is 1.28 bits per heavy atom. The van der Waals surface area contributed by atoms with Crippen molar-refractivity contribution < 1.29 is 9.59 Å². The number of fused-ring (bicyclic) bond motifs is 2. The summed E-state index contributed by atoms with van der Waals surface area (Å²) < 4.78 is 3.30. The third-order valence-corrected chi connectivity index (χ3v) is 8.88. The first-order valence-corrected chi connectivity index (χ1v) is 12.3. The van der Waals surface area contributed by atoms with Gasteiger partial charge in [0.2, 0.25) is 0 Å². The van der Waals surface area contributed by atoms with Gasteiger partial charge in [-0.2, -0.15) is 4.99 Å². The standard InChI is InChI=1S/C20H27N5O2S2/c1-20(10-12-4-6-25(7-5-12)17(26)16-11-28-24-23-16)18(27)22-19(29-20)21-15-9-13-2-3-14(15)8-13/h11-15H,2-10H2,1H3,(H,21,22,27)/t13-,14+,15+,20?/m1/s1. The number of amidine groups is 1. The molecule has 2 saturated carbocycles. The first kappa shape index (κ1) is 19.5. The molecule has 3 heterocycles. The van der Waals surface area contributed by atoms with Crippen LogP contribution >= 0.6 is 23.3 Å². The van der Waals surface area contributed by atoms with Crippen LogP contribution in [-0.2, 0) is 4.79 Å². The van der Waals surface area contributed by atoms with Crippen molar-refractivity contribution >= 4 is 40.3 Å². The molecule has 4 atom stereocenters. The monoisotopic (exact) mass is 433 g/mol. The van der Waals surface area contributed by atoms with Gasteiger partial charge in [0, 0.05) is 24.5 Å². The van der Waals surface area contributed by atoms with Crippen molar-refractivity contribution in [2.45, 2.75) is 62.7 Å². The van der Waals surface area contributed by atoms with Crippen molar-refractivity contribution in [3.05, 3.63) is 11.1 Å². The topological polar surface area (TPSA) is 87.6 Å². The number of amides is 2. The summed E-state index contributed by atoms with van der Waals surface area (Å²) in [7, 11) is 0. The zero-order chi connectivity index (χ0) is 20.0. The molecule has 7 nitrogen and oxygen atoms in total. The number of rotatable bonds is 4. The summed E-state index contributed by atoms with van der Waals surface area (Å²) in [6.45, 7) is 3.47. The number of hydrogen-bond donors (Lipinski definition) is 1. The summed E-state index contributed by atoms with van der Waals surface area (Å²) in [5.41, 5.74) is 0.437. The van der Waals surface area contributed by atoms with E-state index in [2.05, 4.69) is 19.9 Å². The minimum atomic E-state index is -0.477. The van der Waals surface area contributed by atoms with Gasteiger partial charge in [-0.25, -0.2) is 0 Å². The summed E-state index contributed by atoms with van der Waals surface area (Å²) in [6, 6.07) is 0.504. The number of aliphatic imine (C=N–C) groups is 1. The molecule has 9 heteroatoms. The predicted octanol–water partition coefficient (Wildman–Crippen LogP) is 2.95. The summed E-state index contributed by atoms with van der Waals surface area (Å²) in [5.74, 6) is 2.04. The Labute approximate surface area is 179 Å². The van der Waals surface area contributed by atoms with Gasteiger partial charge in [-0.3, -0.25) is 9.59 Å². The minimum absolute atomic E-state index is 0.000194. The number of nitrogens with zero attached hydrogens (tertiary/aromatic N) is 4. The van der Waals surface area contributed by atoms with Crippen molar-refractivity contribution in [2.75, 3.05) is 13.1 Å². The zero-order valence-corrected chi connectivity index (χ0v) is 18.3. The lowest BCUT2D eigenvalue weighted by molar-refractivity contribution is -0.119. The fourth-order valence-corrected chi connectivity index (χ4v) is 7.22. The molecule has 2 amide bonds. The molecule has 29 heavy (non-hydrogen) atoms. The molecule has 2 aliphatic heterocycles. The Morgan fingerprint density at radius 2 is 2.10 bits per heavy atom. The lowest BCUT2D eigenvalue weighted by Crippen LogP contribution is -2.41. The van der Waals surface area contributed by atoms with E-state index in [9.17, 15) is 9.59 Å². The summed E-state index contributed by atoms with van der Waals surface area (Å²) in [5, 5.41) is 10.0. The third kappa shape index (κ3) is 3.83. The molecule has 1 aromatic heterocycles. The Balaban J connectivity index is 1.13. The maximum absolute atomic E-state index is 12.7. The zero-order valence-electron chi connectivity index (χ0n) is 16.7. The molecule has 4 aliphatic rings. The Bertz CT molecular complexity index is 821. The molecular formula is C20H27N5O2S2. The van der Waals surface area contributed by atoms with Gasteiger partial charge in [0.05, 0.1) is 0 Å². The highest BCUT2D eigenvalue weighted by Crippen LogP contribution is 2.46. The lowest BCUT2D eigenvalue weighted by atomic mass is 9.87. The van der Waals surface area contributed by atoms with Gasteiger partial charge in [-0.1, -0.05) is 22.7 Å². The summed E-state index contributed by atoms with van der Waals surface area (Å²) in [4.78, 5) is 31.4. The number of thioether (sulfide) groups is 1. The quantitative estimate of drug-likeness (QED) is 0.786. The molecule has 5 rings (SSSR count). The Kier molecular flexibility index (Phi) is 5.14. The molecular weight excluding hydrogens is 406 g/mol. The fourth-order valence-electron chi connectivity index (χ4n) is 5.57. The normalized spacial score (nSPS) is 34.7. The lowest BCUT2D eigenvalue weighted by Gasteiger charge is -2.34. The summed E-state index contributed by atoms with van der Waals surface area (Å²) >= 11 is 2.83. The van der Waals surface area contributed by atoms with Crippen LogP contribution in [0.3, 0.4) is 0 Å². The van der Waals surface area contributed by atoms with Crippen molar-refractivity contribution in [1.82, 2.24) is 19.8 Å². The molecule has 3 fully saturated rings. The largest absolute Gasteiger partial charge is 0.361 e. The molecule has 0 radical (unpaired) electrons. The van der Waals surface area contributed by atoms with E-state index in [-0.39, 0.29) is 11.8 Å². The smallest absolute Gasteiger partial charge is 0.275 e. The SMILES string of the molecule is CC1(CC2CCN(C(=O)c3csnn3)CC2)SC(N[C@H]2C[C@@H]3CC[C@H]2C3)=NC1=O. The van der Waals surface area contributed by atoms with Gasteiger partial charge in [-0.05, 0) is 74.7 Å². The van der Waals surface area contributed by atoms with Crippen molar-refractivity contribution in [3.63, 3.8) is 0 Å². The second kappa shape index (κ2) is 7.65. The number of likely N-dealkylation sites (tertiary alicyclic amines) is 1. The van der Waals surface area contributed by atoms with Gasteiger partial charge >= 0.3 is 0 Å². The van der Waals surface area contributed by atoms with Crippen LogP contribution in [0, 0.1) is 17.8 Å². The van der Waals surface area contributed by atoms with Gasteiger partial charge in [-0.15, -0.1) is 5.10 Å². The maximum Gasteiger partial charge on any atom is 0.275 e. The Hall–Kier alpha value is -1.48. The molecule has 2 aliphatic carbocycles. The average molecular weight is 434 g/mol. The molecule has 2 bridgehead atoms. The summed E-state index contributed by atoms with van der Waals surface area (Å²) in [6.07, 6.45) is 7.93.